The minimum atomic E-state index is 0. The van der Waals surface area contributed by atoms with Crippen LogP contribution in [-0.4, -0.2) is 5.54 Å². The Morgan fingerprint density at radius 2 is 1.64 bits per heavy atom. The summed E-state index contributed by atoms with van der Waals surface area (Å²) < 4.78 is 0. The lowest BCUT2D eigenvalue weighted by atomic mass is 9.98. The third-order valence-electron chi connectivity index (χ3n) is 1.67. The summed E-state index contributed by atoms with van der Waals surface area (Å²) in [4.78, 5) is 0. The Balaban J connectivity index is 0. The molecule has 0 aromatic heterocycles. The van der Waals surface area contributed by atoms with Crippen LogP contribution in [0.5, 0.6) is 0 Å². The van der Waals surface area contributed by atoms with Gasteiger partial charge in [0.25, 0.3) is 0 Å². The minimum absolute atomic E-state index is 0. The first-order valence-corrected chi connectivity index (χ1v) is 4.35. The van der Waals surface area contributed by atoms with E-state index in [0.717, 1.165) is 6.42 Å². The smallest absolute Gasteiger partial charge is 0.00970 e. The average Bonchev–Trinajstić information content (AvgIpc) is 1.78. The topological polar surface area (TPSA) is 61.0 Å². The standard InChI is InChI=1S/C9H21N.H3N/c1-4-5-6-7-8-9(2,3)10;/h4-8,10H2,1-3H3;1H3. The third-order valence-corrected chi connectivity index (χ3v) is 1.67. The first kappa shape index (κ1) is 13.5. The van der Waals surface area contributed by atoms with Crippen molar-refractivity contribution in [1.29, 1.82) is 0 Å². The van der Waals surface area contributed by atoms with Gasteiger partial charge in [0.05, 0.1) is 0 Å². The van der Waals surface area contributed by atoms with Crippen molar-refractivity contribution < 1.29 is 0 Å². The van der Waals surface area contributed by atoms with Gasteiger partial charge in [0.2, 0.25) is 0 Å². The molecule has 0 saturated heterocycles. The molecule has 0 amide bonds. The van der Waals surface area contributed by atoms with E-state index in [4.69, 9.17) is 5.73 Å². The molecule has 0 unspecified atom stereocenters. The molecule has 70 valence electrons. The highest BCUT2D eigenvalue weighted by atomic mass is 14.7. The number of nitrogens with two attached hydrogens (primary N) is 1. The van der Waals surface area contributed by atoms with Crippen LogP contribution in [0.25, 0.3) is 0 Å². The molecule has 2 heteroatoms. The van der Waals surface area contributed by atoms with Crippen molar-refractivity contribution in [3.63, 3.8) is 0 Å². The summed E-state index contributed by atoms with van der Waals surface area (Å²) in [6.07, 6.45) is 6.46. The molecule has 0 aromatic carbocycles. The van der Waals surface area contributed by atoms with Crippen LogP contribution in [0.4, 0.5) is 0 Å². The van der Waals surface area contributed by atoms with E-state index in [0.29, 0.717) is 0 Å². The number of hydrogen-bond donors (Lipinski definition) is 2. The predicted molar refractivity (Wildman–Crippen MR) is 52.0 cm³/mol. The summed E-state index contributed by atoms with van der Waals surface area (Å²) in [6.45, 7) is 6.42. The highest BCUT2D eigenvalue weighted by Gasteiger charge is 2.08. The molecule has 0 aliphatic rings. The monoisotopic (exact) mass is 160 g/mol. The lowest BCUT2D eigenvalue weighted by Crippen LogP contribution is -2.31. The Hall–Kier alpha value is -0.0800. The lowest BCUT2D eigenvalue weighted by molar-refractivity contribution is 0.445. The average molecular weight is 160 g/mol. The molecule has 0 saturated carbocycles. The quantitative estimate of drug-likeness (QED) is 0.607. The zero-order valence-electron chi connectivity index (χ0n) is 8.32. The van der Waals surface area contributed by atoms with E-state index in [-0.39, 0.29) is 11.7 Å². The summed E-state index contributed by atoms with van der Waals surface area (Å²) in [5.41, 5.74) is 5.87. The van der Waals surface area contributed by atoms with Gasteiger partial charge in [-0.15, -0.1) is 0 Å². The van der Waals surface area contributed by atoms with Crippen molar-refractivity contribution in [2.45, 2.75) is 58.4 Å². The normalized spacial score (nSPS) is 10.9. The number of rotatable bonds is 5. The van der Waals surface area contributed by atoms with E-state index in [2.05, 4.69) is 20.8 Å². The van der Waals surface area contributed by atoms with Gasteiger partial charge in [-0.1, -0.05) is 32.6 Å². The minimum Gasteiger partial charge on any atom is -0.344 e. The van der Waals surface area contributed by atoms with Crippen molar-refractivity contribution >= 4 is 0 Å². The predicted octanol–water partition coefficient (Wildman–Crippen LogP) is 2.86. The van der Waals surface area contributed by atoms with Gasteiger partial charge in [-0.3, -0.25) is 0 Å². The molecule has 0 aromatic rings. The molecular weight excluding hydrogens is 136 g/mol. The summed E-state index contributed by atoms with van der Waals surface area (Å²) in [6, 6.07) is 0. The van der Waals surface area contributed by atoms with Crippen LogP contribution in [0.3, 0.4) is 0 Å². The molecule has 0 atom stereocenters. The Bertz CT molecular complexity index is 74.1. The van der Waals surface area contributed by atoms with Crippen LogP contribution in [0.1, 0.15) is 52.9 Å². The van der Waals surface area contributed by atoms with E-state index >= 15 is 0 Å². The Morgan fingerprint density at radius 1 is 1.09 bits per heavy atom. The zero-order chi connectivity index (χ0) is 8.04. The third kappa shape index (κ3) is 13.0. The summed E-state index contributed by atoms with van der Waals surface area (Å²) in [7, 11) is 0. The molecule has 0 aliphatic carbocycles. The van der Waals surface area contributed by atoms with Gasteiger partial charge in [-0.05, 0) is 20.3 Å². The van der Waals surface area contributed by atoms with Crippen LogP contribution in [0.2, 0.25) is 0 Å². The molecule has 0 radical (unpaired) electrons. The molecular formula is C9H24N2. The molecule has 0 bridgehead atoms. The Morgan fingerprint density at radius 3 is 2.00 bits per heavy atom. The van der Waals surface area contributed by atoms with E-state index in [1.54, 1.807) is 0 Å². The van der Waals surface area contributed by atoms with E-state index in [1.807, 2.05) is 0 Å². The zero-order valence-corrected chi connectivity index (χ0v) is 8.32. The van der Waals surface area contributed by atoms with Crippen molar-refractivity contribution in [3.05, 3.63) is 0 Å². The van der Waals surface area contributed by atoms with E-state index in [1.165, 1.54) is 25.7 Å². The van der Waals surface area contributed by atoms with Gasteiger partial charge < -0.3 is 11.9 Å². The molecule has 0 aliphatic heterocycles. The first-order valence-electron chi connectivity index (χ1n) is 4.35. The second-order valence-electron chi connectivity index (χ2n) is 3.80. The van der Waals surface area contributed by atoms with Gasteiger partial charge in [0, 0.05) is 5.54 Å². The highest BCUT2D eigenvalue weighted by Crippen LogP contribution is 2.10. The molecule has 0 rings (SSSR count). The molecule has 0 heterocycles. The van der Waals surface area contributed by atoms with Crippen molar-refractivity contribution in [2.24, 2.45) is 5.73 Å². The second kappa shape index (κ2) is 6.62. The van der Waals surface area contributed by atoms with Gasteiger partial charge in [0.1, 0.15) is 0 Å². The molecule has 0 fully saturated rings. The maximum atomic E-state index is 5.82. The van der Waals surface area contributed by atoms with Gasteiger partial charge in [0.15, 0.2) is 0 Å². The van der Waals surface area contributed by atoms with Crippen LogP contribution in [0, 0.1) is 0 Å². The fraction of sp³-hybridized carbons (Fsp3) is 1.00. The Labute approximate surface area is 71.1 Å². The van der Waals surface area contributed by atoms with E-state index < -0.39 is 0 Å². The summed E-state index contributed by atoms with van der Waals surface area (Å²) in [5, 5.41) is 0. The van der Waals surface area contributed by atoms with E-state index in [9.17, 15) is 0 Å². The lowest BCUT2D eigenvalue weighted by Gasteiger charge is -2.17. The molecule has 11 heavy (non-hydrogen) atoms. The van der Waals surface area contributed by atoms with Crippen molar-refractivity contribution in [1.82, 2.24) is 6.15 Å². The van der Waals surface area contributed by atoms with Gasteiger partial charge >= 0.3 is 0 Å². The fourth-order valence-electron chi connectivity index (χ4n) is 1.01. The molecule has 0 spiro atoms. The summed E-state index contributed by atoms with van der Waals surface area (Å²) >= 11 is 0. The maximum absolute atomic E-state index is 5.82. The SMILES string of the molecule is CCCCCCC(C)(C)N.N. The number of hydrogen-bond acceptors (Lipinski definition) is 2. The first-order chi connectivity index (χ1) is 4.56. The molecule has 2 nitrogen and oxygen atoms in total. The van der Waals surface area contributed by atoms with Gasteiger partial charge in [-0.2, -0.15) is 0 Å². The van der Waals surface area contributed by atoms with Crippen molar-refractivity contribution in [3.8, 4) is 0 Å². The van der Waals surface area contributed by atoms with Crippen LogP contribution in [0.15, 0.2) is 0 Å². The summed E-state index contributed by atoms with van der Waals surface area (Å²) in [5.74, 6) is 0. The number of unbranched alkanes of at least 4 members (excludes halogenated alkanes) is 3. The second-order valence-corrected chi connectivity index (χ2v) is 3.80. The van der Waals surface area contributed by atoms with Crippen LogP contribution in [-0.2, 0) is 0 Å². The van der Waals surface area contributed by atoms with Gasteiger partial charge in [-0.25, -0.2) is 0 Å². The Kier molecular flexibility index (Phi) is 8.13. The fourth-order valence-corrected chi connectivity index (χ4v) is 1.01. The molecule has 5 N–H and O–H groups in total. The van der Waals surface area contributed by atoms with Crippen molar-refractivity contribution in [2.75, 3.05) is 0 Å². The maximum Gasteiger partial charge on any atom is 0.00970 e. The van der Waals surface area contributed by atoms with Crippen LogP contribution < -0.4 is 11.9 Å². The largest absolute Gasteiger partial charge is 0.344 e. The highest BCUT2D eigenvalue weighted by molar-refractivity contribution is 4.70. The van der Waals surface area contributed by atoms with Crippen LogP contribution >= 0.6 is 0 Å².